The number of benzene rings is 1. The van der Waals surface area contributed by atoms with Crippen molar-refractivity contribution in [2.45, 2.75) is 45.6 Å². The van der Waals surface area contributed by atoms with Gasteiger partial charge in [0.15, 0.2) is 5.82 Å². The average Bonchev–Trinajstić information content (AvgIpc) is 3.10. The zero-order chi connectivity index (χ0) is 20.8. The summed E-state index contributed by atoms with van der Waals surface area (Å²) in [6, 6.07) is 13.0. The van der Waals surface area contributed by atoms with Crippen LogP contribution >= 0.6 is 0 Å². The number of fused-ring (bicyclic) bond motifs is 2. The van der Waals surface area contributed by atoms with Crippen molar-refractivity contribution in [2.24, 2.45) is 11.1 Å². The summed E-state index contributed by atoms with van der Waals surface area (Å²) in [5.41, 5.74) is 12.0. The molecule has 1 aromatic carbocycles. The predicted octanol–water partition coefficient (Wildman–Crippen LogP) is 4.43. The number of aromatic nitrogens is 3. The summed E-state index contributed by atoms with van der Waals surface area (Å²) >= 11 is 0. The van der Waals surface area contributed by atoms with E-state index in [0.29, 0.717) is 0 Å². The van der Waals surface area contributed by atoms with Gasteiger partial charge in [0.25, 0.3) is 0 Å². The summed E-state index contributed by atoms with van der Waals surface area (Å²) in [6.45, 7) is 2.91. The summed E-state index contributed by atoms with van der Waals surface area (Å²) in [4.78, 5) is 18.7. The van der Waals surface area contributed by atoms with Gasteiger partial charge in [-0.05, 0) is 60.8 Å². The highest BCUT2D eigenvalue weighted by Crippen LogP contribution is 2.50. The molecule has 4 heterocycles. The highest BCUT2D eigenvalue weighted by atomic mass is 15.2. The van der Waals surface area contributed by atoms with E-state index >= 15 is 0 Å². The Labute approximate surface area is 190 Å². The van der Waals surface area contributed by atoms with E-state index in [1.165, 1.54) is 11.1 Å². The van der Waals surface area contributed by atoms with Crippen LogP contribution in [0.1, 0.15) is 49.6 Å². The first-order valence-electron chi connectivity index (χ1n) is 11.4. The molecule has 1 aliphatic carbocycles. The number of hydrogen-bond donors (Lipinski definition) is 1. The molecule has 1 fully saturated rings. The minimum Gasteiger partial charge on any atom is -0.355 e. The summed E-state index contributed by atoms with van der Waals surface area (Å²) in [7, 11) is 0. The highest BCUT2D eigenvalue weighted by molar-refractivity contribution is 5.63. The van der Waals surface area contributed by atoms with E-state index in [1.54, 1.807) is 0 Å². The number of aryl methyl sites for hydroxylation is 1. The third kappa shape index (κ3) is 3.34. The molecule has 0 amide bonds. The molecule has 0 radical (unpaired) electrons. The zero-order valence-corrected chi connectivity index (χ0v) is 17.7. The van der Waals surface area contributed by atoms with E-state index in [9.17, 15) is 0 Å². The maximum absolute atomic E-state index is 6.72. The maximum atomic E-state index is 6.72. The lowest BCUT2D eigenvalue weighted by Crippen LogP contribution is -2.44. The van der Waals surface area contributed by atoms with Gasteiger partial charge < -0.3 is 15.5 Å². The van der Waals surface area contributed by atoms with Crippen LogP contribution in [0.15, 0.2) is 55.0 Å². The summed E-state index contributed by atoms with van der Waals surface area (Å²) < 4.78 is 0. The van der Waals surface area contributed by atoms with Gasteiger partial charge in [-0.3, -0.25) is 4.98 Å². The summed E-state index contributed by atoms with van der Waals surface area (Å²) in [6.07, 6.45) is 11.1. The first-order valence-corrected chi connectivity index (χ1v) is 11.4. The fraction of sp³-hybridized carbons (Fsp3) is 0.423. The van der Waals surface area contributed by atoms with Crippen LogP contribution in [-0.2, 0) is 12.8 Å². The number of anilines is 3. The highest BCUT2D eigenvalue weighted by Gasteiger charge is 2.45. The van der Waals surface area contributed by atoms with E-state index in [-0.39, 0.29) is 18.9 Å². The number of pyridine rings is 1. The minimum atomic E-state index is 0. The zero-order valence-electron chi connectivity index (χ0n) is 17.7. The van der Waals surface area contributed by atoms with E-state index in [2.05, 4.69) is 45.1 Å². The van der Waals surface area contributed by atoms with Crippen molar-refractivity contribution in [2.75, 3.05) is 29.4 Å². The topological polar surface area (TPSA) is 71.2 Å². The first kappa shape index (κ1) is 20.9. The van der Waals surface area contributed by atoms with Gasteiger partial charge in [-0.25, -0.2) is 9.97 Å². The van der Waals surface area contributed by atoms with Gasteiger partial charge in [0, 0.05) is 31.9 Å². The number of nitrogens with two attached hydrogens (primary N) is 1. The second kappa shape index (κ2) is 8.17. The fourth-order valence-electron chi connectivity index (χ4n) is 5.73. The first-order chi connectivity index (χ1) is 15.2. The standard InChI is InChI=1S/C25H28N6.CH4/c26-24-19-6-2-1-5-18(19)15-25(24)9-13-30(14-10-25)22-16-29-23(17-28-22)31-12-4-7-20-21(31)8-3-11-27-20;/h1-3,5-6,8,11,16-17,24H,4,7,9-10,12-15,26H2;1H4/t24-;/m1./s1. The Morgan fingerprint density at radius 1 is 0.906 bits per heavy atom. The van der Waals surface area contributed by atoms with Crippen molar-refractivity contribution >= 4 is 17.3 Å². The Hall–Kier alpha value is -2.99. The molecule has 1 atom stereocenters. The van der Waals surface area contributed by atoms with Gasteiger partial charge in [-0.1, -0.05) is 31.7 Å². The lowest BCUT2D eigenvalue weighted by Gasteiger charge is -2.42. The molecule has 166 valence electrons. The third-order valence-electron chi connectivity index (χ3n) is 7.53. The molecule has 6 heteroatoms. The Balaban J connectivity index is 0.00000216. The van der Waals surface area contributed by atoms with Gasteiger partial charge in [-0.2, -0.15) is 0 Å². The molecule has 3 aromatic rings. The molecule has 6 rings (SSSR count). The van der Waals surface area contributed by atoms with Crippen molar-refractivity contribution in [1.82, 2.24) is 15.0 Å². The number of nitrogens with zero attached hydrogens (tertiary/aromatic N) is 5. The Bertz CT molecular complexity index is 1090. The summed E-state index contributed by atoms with van der Waals surface area (Å²) in [5.74, 6) is 1.87. The van der Waals surface area contributed by atoms with Crippen molar-refractivity contribution in [3.8, 4) is 0 Å². The van der Waals surface area contributed by atoms with Gasteiger partial charge >= 0.3 is 0 Å². The molecule has 2 N–H and O–H groups in total. The van der Waals surface area contributed by atoms with Crippen LogP contribution in [0.3, 0.4) is 0 Å². The molecule has 0 unspecified atom stereocenters. The SMILES string of the molecule is C.N[C@@H]1c2ccccc2CC12CCN(c1cnc(N3CCCc4ncccc43)cn1)CC2. The van der Waals surface area contributed by atoms with Crippen molar-refractivity contribution in [3.63, 3.8) is 0 Å². The summed E-state index contributed by atoms with van der Waals surface area (Å²) in [5, 5.41) is 0. The molecule has 3 aliphatic rings. The van der Waals surface area contributed by atoms with Gasteiger partial charge in [0.2, 0.25) is 0 Å². The minimum absolute atomic E-state index is 0. The molecule has 1 spiro atoms. The lowest BCUT2D eigenvalue weighted by molar-refractivity contribution is 0.187. The van der Waals surface area contributed by atoms with Crippen LogP contribution in [0.25, 0.3) is 0 Å². The van der Waals surface area contributed by atoms with E-state index < -0.39 is 0 Å². The van der Waals surface area contributed by atoms with Crippen molar-refractivity contribution < 1.29 is 0 Å². The molecule has 0 saturated carbocycles. The Morgan fingerprint density at radius 2 is 1.69 bits per heavy atom. The monoisotopic (exact) mass is 428 g/mol. The van der Waals surface area contributed by atoms with E-state index in [1.807, 2.05) is 24.7 Å². The molecule has 1 saturated heterocycles. The lowest BCUT2D eigenvalue weighted by atomic mass is 9.73. The molecule has 32 heavy (non-hydrogen) atoms. The number of hydrogen-bond acceptors (Lipinski definition) is 6. The van der Waals surface area contributed by atoms with Crippen LogP contribution in [-0.4, -0.2) is 34.6 Å². The van der Waals surface area contributed by atoms with Crippen molar-refractivity contribution in [3.05, 3.63) is 71.8 Å². The van der Waals surface area contributed by atoms with Crippen LogP contribution in [0, 0.1) is 5.41 Å². The fourth-order valence-corrected chi connectivity index (χ4v) is 5.73. The molecule has 2 aromatic heterocycles. The predicted molar refractivity (Wildman–Crippen MR) is 129 cm³/mol. The quantitative estimate of drug-likeness (QED) is 0.651. The van der Waals surface area contributed by atoms with Gasteiger partial charge in [0.05, 0.1) is 23.8 Å². The second-order valence-electron chi connectivity index (χ2n) is 9.16. The second-order valence-corrected chi connectivity index (χ2v) is 9.16. The molecule has 0 bridgehead atoms. The van der Waals surface area contributed by atoms with Gasteiger partial charge in [-0.15, -0.1) is 0 Å². The molecule has 2 aliphatic heterocycles. The van der Waals surface area contributed by atoms with E-state index in [4.69, 9.17) is 15.7 Å². The van der Waals surface area contributed by atoms with Crippen LogP contribution in [0.2, 0.25) is 0 Å². The molecular formula is C26H32N6. The molecular weight excluding hydrogens is 396 g/mol. The average molecular weight is 429 g/mol. The Morgan fingerprint density at radius 3 is 2.47 bits per heavy atom. The smallest absolute Gasteiger partial charge is 0.151 e. The molecule has 6 nitrogen and oxygen atoms in total. The van der Waals surface area contributed by atoms with E-state index in [0.717, 1.165) is 74.8 Å². The number of piperidine rings is 1. The Kier molecular flexibility index (Phi) is 5.33. The third-order valence-corrected chi connectivity index (χ3v) is 7.53. The normalized spacial score (nSPS) is 21.1. The van der Waals surface area contributed by atoms with Crippen LogP contribution < -0.4 is 15.5 Å². The maximum Gasteiger partial charge on any atom is 0.151 e. The van der Waals surface area contributed by atoms with Crippen LogP contribution in [0.5, 0.6) is 0 Å². The van der Waals surface area contributed by atoms with Gasteiger partial charge in [0.1, 0.15) is 5.82 Å². The van der Waals surface area contributed by atoms with Crippen molar-refractivity contribution in [1.29, 1.82) is 0 Å². The largest absolute Gasteiger partial charge is 0.355 e. The van der Waals surface area contributed by atoms with Crippen LogP contribution in [0.4, 0.5) is 17.3 Å². The number of rotatable bonds is 2.